The fourth-order valence-corrected chi connectivity index (χ4v) is 3.74. The number of benzene rings is 2. The number of β-lactam (4-membered cyclic amide) rings is 1. The Labute approximate surface area is 210 Å². The van der Waals surface area contributed by atoms with Gasteiger partial charge in [-0.05, 0) is 35.4 Å². The largest absolute Gasteiger partial charge is 0.508 e. The van der Waals surface area contributed by atoms with Crippen LogP contribution >= 0.6 is 0 Å². The van der Waals surface area contributed by atoms with Crippen LogP contribution in [-0.2, 0) is 24.0 Å². The average molecular weight is 514 g/mol. The first kappa shape index (κ1) is 26.9. The lowest BCUT2D eigenvalue weighted by Gasteiger charge is -2.42. The van der Waals surface area contributed by atoms with Gasteiger partial charge in [-0.15, -0.1) is 0 Å². The van der Waals surface area contributed by atoms with E-state index < -0.39 is 47.9 Å². The second-order valence-electron chi connectivity index (χ2n) is 8.25. The average Bonchev–Trinajstić information content (AvgIpc) is 2.87. The number of aromatic hydroxyl groups is 1. The van der Waals surface area contributed by atoms with Gasteiger partial charge in [-0.25, -0.2) is 4.79 Å². The number of phenolic OH excluding ortho intramolecular Hbond substituents is 1. The van der Waals surface area contributed by atoms with Crippen molar-refractivity contribution in [2.75, 3.05) is 13.2 Å². The number of aliphatic carboxylic acids is 2. The van der Waals surface area contributed by atoms with Crippen LogP contribution in [0.15, 0.2) is 48.5 Å². The lowest BCUT2D eigenvalue weighted by Crippen LogP contribution is -2.66. The Morgan fingerprint density at radius 3 is 2.22 bits per heavy atom. The van der Waals surface area contributed by atoms with E-state index in [0.29, 0.717) is 17.7 Å². The minimum absolute atomic E-state index is 0.0522. The standard InChI is InChI=1S/C24H26N4O9/c25-17(23(33)34)9-10-37-16-7-3-13(4-8-16)19(26-12-29)21(31)27-18-11-28(22(18)32)20(24(35)36)14-1-5-15(30)6-2-14/h1-8,12,17-20,30H,9-11,25H2,(H,26,29)(H,27,31)(H,33,34)(H,35,36)/t17-,18+,19-,20-/m1/s1. The summed E-state index contributed by atoms with van der Waals surface area (Å²) in [4.78, 5) is 60.3. The van der Waals surface area contributed by atoms with Crippen molar-refractivity contribution >= 4 is 30.2 Å². The molecule has 37 heavy (non-hydrogen) atoms. The molecule has 0 aliphatic carbocycles. The third-order valence-corrected chi connectivity index (χ3v) is 5.76. The molecule has 0 aromatic heterocycles. The van der Waals surface area contributed by atoms with Crippen molar-refractivity contribution in [2.45, 2.75) is 30.6 Å². The number of amides is 3. The summed E-state index contributed by atoms with van der Waals surface area (Å²) in [5, 5.41) is 32.7. The van der Waals surface area contributed by atoms with Crippen molar-refractivity contribution in [3.8, 4) is 11.5 Å². The topological polar surface area (TPSA) is 209 Å². The number of carbonyl (C=O) groups is 5. The van der Waals surface area contributed by atoms with Gasteiger partial charge in [0.05, 0.1) is 13.2 Å². The fourth-order valence-electron chi connectivity index (χ4n) is 3.74. The van der Waals surface area contributed by atoms with Gasteiger partial charge in [0.2, 0.25) is 18.2 Å². The third kappa shape index (κ3) is 6.52. The predicted molar refractivity (Wildman–Crippen MR) is 126 cm³/mol. The van der Waals surface area contributed by atoms with E-state index in [2.05, 4.69) is 10.6 Å². The van der Waals surface area contributed by atoms with Crippen molar-refractivity contribution < 1.29 is 44.0 Å². The number of carbonyl (C=O) groups excluding carboxylic acids is 3. The summed E-state index contributed by atoms with van der Waals surface area (Å²) in [5.41, 5.74) is 6.09. The molecule has 3 rings (SSSR count). The highest BCUT2D eigenvalue weighted by atomic mass is 16.5. The molecule has 0 bridgehead atoms. The minimum atomic E-state index is -1.29. The molecule has 1 heterocycles. The Balaban J connectivity index is 1.61. The monoisotopic (exact) mass is 514 g/mol. The van der Waals surface area contributed by atoms with Crippen LogP contribution in [0.4, 0.5) is 0 Å². The van der Waals surface area contributed by atoms with Gasteiger partial charge in [0.25, 0.3) is 0 Å². The second-order valence-corrected chi connectivity index (χ2v) is 8.25. The van der Waals surface area contributed by atoms with Gasteiger partial charge in [-0.3, -0.25) is 19.2 Å². The minimum Gasteiger partial charge on any atom is -0.508 e. The maximum atomic E-state index is 12.8. The molecule has 196 valence electrons. The number of carboxylic acids is 2. The number of phenols is 1. The van der Waals surface area contributed by atoms with Crippen LogP contribution in [0.25, 0.3) is 0 Å². The predicted octanol–water partition coefficient (Wildman–Crippen LogP) is -0.487. The number of likely N-dealkylation sites (tertiary alicyclic amines) is 1. The smallest absolute Gasteiger partial charge is 0.331 e. The van der Waals surface area contributed by atoms with Crippen molar-refractivity contribution in [3.05, 3.63) is 59.7 Å². The number of rotatable bonds is 13. The van der Waals surface area contributed by atoms with Crippen molar-refractivity contribution in [2.24, 2.45) is 5.73 Å². The van der Waals surface area contributed by atoms with E-state index in [1.165, 1.54) is 48.5 Å². The second kappa shape index (κ2) is 11.9. The number of hydrogen-bond acceptors (Lipinski definition) is 8. The van der Waals surface area contributed by atoms with Crippen LogP contribution in [0.5, 0.6) is 11.5 Å². The third-order valence-electron chi connectivity index (χ3n) is 5.76. The molecular formula is C24H26N4O9. The van der Waals surface area contributed by atoms with Crippen molar-refractivity contribution in [1.82, 2.24) is 15.5 Å². The number of nitrogens with two attached hydrogens (primary N) is 1. The molecule has 3 amide bonds. The van der Waals surface area contributed by atoms with Crippen LogP contribution in [0.3, 0.4) is 0 Å². The van der Waals surface area contributed by atoms with E-state index in [1.807, 2.05) is 0 Å². The van der Waals surface area contributed by atoms with Gasteiger partial charge in [0.15, 0.2) is 6.04 Å². The Morgan fingerprint density at radius 1 is 1.05 bits per heavy atom. The molecule has 1 fully saturated rings. The van der Waals surface area contributed by atoms with Crippen molar-refractivity contribution in [1.29, 1.82) is 0 Å². The Morgan fingerprint density at radius 2 is 1.68 bits per heavy atom. The molecule has 0 spiro atoms. The molecule has 2 aromatic carbocycles. The van der Waals surface area contributed by atoms with Crippen LogP contribution in [0.2, 0.25) is 0 Å². The molecule has 0 radical (unpaired) electrons. The van der Waals surface area contributed by atoms with Gasteiger partial charge in [-0.1, -0.05) is 24.3 Å². The van der Waals surface area contributed by atoms with Gasteiger partial charge in [0.1, 0.15) is 29.6 Å². The quantitative estimate of drug-likeness (QED) is 0.149. The molecule has 0 saturated carbocycles. The van der Waals surface area contributed by atoms with Gasteiger partial charge in [-0.2, -0.15) is 0 Å². The number of hydrogen-bond donors (Lipinski definition) is 6. The summed E-state index contributed by atoms with van der Waals surface area (Å²) in [5.74, 6) is -3.35. The lowest BCUT2D eigenvalue weighted by atomic mass is 9.97. The highest BCUT2D eigenvalue weighted by molar-refractivity contribution is 5.97. The first-order valence-electron chi connectivity index (χ1n) is 11.2. The lowest BCUT2D eigenvalue weighted by molar-refractivity contribution is -0.160. The zero-order valence-electron chi connectivity index (χ0n) is 19.4. The number of nitrogens with one attached hydrogen (secondary N) is 2. The highest BCUT2D eigenvalue weighted by Gasteiger charge is 2.45. The summed E-state index contributed by atoms with van der Waals surface area (Å²) < 4.78 is 5.44. The van der Waals surface area contributed by atoms with Crippen molar-refractivity contribution in [3.63, 3.8) is 0 Å². The SMILES string of the molecule is N[C@H](CCOc1ccc([C@@H](NC=O)C(=O)N[C@H]2CN([C@@H](C(=O)O)c3ccc(O)cc3)C2=O)cc1)C(=O)O. The molecular weight excluding hydrogens is 488 g/mol. The highest BCUT2D eigenvalue weighted by Crippen LogP contribution is 2.29. The van der Waals surface area contributed by atoms with Crippen LogP contribution < -0.4 is 21.1 Å². The van der Waals surface area contributed by atoms with Crippen LogP contribution in [0.1, 0.15) is 29.6 Å². The van der Waals surface area contributed by atoms with Gasteiger partial charge in [0, 0.05) is 6.42 Å². The Bertz CT molecular complexity index is 1150. The van der Waals surface area contributed by atoms with Crippen LogP contribution in [-0.4, -0.2) is 75.6 Å². The number of ether oxygens (including phenoxy) is 1. The summed E-state index contributed by atoms with van der Waals surface area (Å²) in [6.07, 6.45) is 0.429. The molecule has 1 aliphatic heterocycles. The normalized spacial score (nSPS) is 17.1. The summed E-state index contributed by atoms with van der Waals surface area (Å²) >= 11 is 0. The molecule has 2 aromatic rings. The molecule has 7 N–H and O–H groups in total. The van der Waals surface area contributed by atoms with E-state index in [0.717, 1.165) is 4.90 Å². The Hall–Kier alpha value is -4.65. The van der Waals surface area contributed by atoms with Crippen LogP contribution in [0, 0.1) is 0 Å². The summed E-state index contributed by atoms with van der Waals surface area (Å²) in [6, 6.07) is 7.04. The molecule has 0 unspecified atom stereocenters. The zero-order valence-corrected chi connectivity index (χ0v) is 19.4. The first-order chi connectivity index (χ1) is 17.6. The van der Waals surface area contributed by atoms with E-state index in [4.69, 9.17) is 15.6 Å². The maximum Gasteiger partial charge on any atom is 0.331 e. The number of carboxylic acid groups (broad SMARTS) is 2. The van der Waals surface area contributed by atoms with E-state index in [-0.39, 0.29) is 30.9 Å². The molecule has 1 saturated heterocycles. The first-order valence-corrected chi connectivity index (χ1v) is 11.2. The van der Waals surface area contributed by atoms with Gasteiger partial charge >= 0.3 is 11.9 Å². The van der Waals surface area contributed by atoms with E-state index >= 15 is 0 Å². The summed E-state index contributed by atoms with van der Waals surface area (Å²) in [7, 11) is 0. The fraction of sp³-hybridized carbons (Fsp3) is 0.292. The van der Waals surface area contributed by atoms with E-state index in [9.17, 15) is 34.2 Å². The number of nitrogens with zero attached hydrogens (tertiary/aromatic N) is 1. The molecule has 13 heteroatoms. The summed E-state index contributed by atoms with van der Waals surface area (Å²) in [6.45, 7) is -0.00737. The zero-order chi connectivity index (χ0) is 27.1. The maximum absolute atomic E-state index is 12.8. The molecule has 1 aliphatic rings. The molecule has 13 nitrogen and oxygen atoms in total. The van der Waals surface area contributed by atoms with Gasteiger partial charge < -0.3 is 41.3 Å². The van der Waals surface area contributed by atoms with E-state index in [1.54, 1.807) is 0 Å². The Kier molecular flexibility index (Phi) is 8.64. The molecule has 4 atom stereocenters.